The normalized spacial score (nSPS) is 14.6. The molecule has 1 aromatic rings. The third-order valence-corrected chi connectivity index (χ3v) is 3.80. The van der Waals surface area contributed by atoms with Crippen molar-refractivity contribution in [2.24, 2.45) is 5.92 Å². The molecule has 2 unspecified atom stereocenters. The molecule has 0 fully saturated rings. The number of carbonyl (C=O) groups excluding carboxylic acids is 1. The van der Waals surface area contributed by atoms with E-state index in [9.17, 15) is 4.79 Å². The number of alkyl halides is 1. The van der Waals surface area contributed by atoms with E-state index in [0.29, 0.717) is 6.61 Å². The van der Waals surface area contributed by atoms with Crippen molar-refractivity contribution >= 4 is 21.9 Å². The Bertz CT molecular complexity index is 448. The van der Waals surface area contributed by atoms with Gasteiger partial charge in [0, 0.05) is 19.0 Å². The maximum Gasteiger partial charge on any atom is 0.314 e. The van der Waals surface area contributed by atoms with Gasteiger partial charge in [0.2, 0.25) is 0 Å². The number of carbonyl (C=O) groups is 1. The zero-order valence-corrected chi connectivity index (χ0v) is 15.1. The summed E-state index contributed by atoms with van der Waals surface area (Å²) in [5, 5.41) is 0.804. The summed E-state index contributed by atoms with van der Waals surface area (Å²) in [7, 11) is 1.65. The number of hydrogen-bond acceptors (Lipinski definition) is 3. The fourth-order valence-electron chi connectivity index (χ4n) is 2.24. The number of esters is 1. The number of hydrogen-bond donors (Lipinski definition) is 0. The second-order valence-corrected chi connectivity index (χ2v) is 6.88. The summed E-state index contributed by atoms with van der Waals surface area (Å²) in [4.78, 5) is 12.5. The Hall–Kier alpha value is -0.870. The molecule has 0 heterocycles. The number of halogens is 1. The van der Waals surface area contributed by atoms with Crippen LogP contribution in [0.1, 0.15) is 44.7 Å². The van der Waals surface area contributed by atoms with Crippen LogP contribution in [0.3, 0.4) is 0 Å². The molecule has 21 heavy (non-hydrogen) atoms. The number of benzene rings is 1. The van der Waals surface area contributed by atoms with E-state index in [2.05, 4.69) is 15.9 Å². The first-order chi connectivity index (χ1) is 9.78. The van der Waals surface area contributed by atoms with Gasteiger partial charge >= 0.3 is 5.97 Å². The first-order valence-corrected chi connectivity index (χ1v) is 8.27. The molecule has 0 aliphatic rings. The Morgan fingerprint density at radius 2 is 1.81 bits per heavy atom. The van der Waals surface area contributed by atoms with Gasteiger partial charge in [0.05, 0.1) is 5.92 Å². The lowest BCUT2D eigenvalue weighted by molar-refractivity contribution is -0.158. The van der Waals surface area contributed by atoms with Crippen molar-refractivity contribution in [3.8, 4) is 0 Å². The van der Waals surface area contributed by atoms with Crippen molar-refractivity contribution in [2.75, 3.05) is 13.7 Å². The Balaban J connectivity index is 3.03. The topological polar surface area (TPSA) is 35.5 Å². The number of ether oxygens (including phenoxy) is 2. The van der Waals surface area contributed by atoms with Crippen molar-refractivity contribution in [2.45, 2.75) is 44.5 Å². The van der Waals surface area contributed by atoms with Crippen molar-refractivity contribution in [3.63, 3.8) is 0 Å². The van der Waals surface area contributed by atoms with Crippen LogP contribution in [0.4, 0.5) is 0 Å². The van der Waals surface area contributed by atoms with Crippen molar-refractivity contribution in [3.05, 3.63) is 35.4 Å². The summed E-state index contributed by atoms with van der Waals surface area (Å²) >= 11 is 3.43. The van der Waals surface area contributed by atoms with E-state index in [1.807, 2.05) is 52.0 Å². The molecule has 0 bridgehead atoms. The SMILES string of the molecule is COCC(C)C(C(=O)OC(C)(C)C)c1ccc(CBr)cc1. The predicted molar refractivity (Wildman–Crippen MR) is 88.7 cm³/mol. The monoisotopic (exact) mass is 356 g/mol. The van der Waals surface area contributed by atoms with E-state index in [0.717, 1.165) is 10.9 Å². The number of methoxy groups -OCH3 is 1. The first-order valence-electron chi connectivity index (χ1n) is 7.15. The minimum atomic E-state index is -0.488. The second-order valence-electron chi connectivity index (χ2n) is 6.32. The Morgan fingerprint density at radius 3 is 2.24 bits per heavy atom. The van der Waals surface area contributed by atoms with Gasteiger partial charge in [-0.15, -0.1) is 0 Å². The summed E-state index contributed by atoms with van der Waals surface area (Å²) in [6.45, 7) is 8.19. The zero-order valence-electron chi connectivity index (χ0n) is 13.5. The van der Waals surface area contributed by atoms with Crippen LogP contribution in [0, 0.1) is 5.92 Å². The molecule has 0 radical (unpaired) electrons. The highest BCUT2D eigenvalue weighted by molar-refractivity contribution is 9.08. The van der Waals surface area contributed by atoms with E-state index < -0.39 is 5.60 Å². The summed E-state index contributed by atoms with van der Waals surface area (Å²) in [6, 6.07) is 8.05. The molecular formula is C17H25BrO3. The smallest absolute Gasteiger partial charge is 0.314 e. The molecule has 0 spiro atoms. The fourth-order valence-corrected chi connectivity index (χ4v) is 2.61. The van der Waals surface area contributed by atoms with Crippen molar-refractivity contribution in [1.82, 2.24) is 0 Å². The van der Waals surface area contributed by atoms with Gasteiger partial charge in [0.1, 0.15) is 5.60 Å². The zero-order chi connectivity index (χ0) is 16.0. The largest absolute Gasteiger partial charge is 0.459 e. The second kappa shape index (κ2) is 7.95. The Labute approximate surface area is 136 Å². The molecule has 1 rings (SSSR count). The van der Waals surface area contributed by atoms with E-state index in [-0.39, 0.29) is 17.8 Å². The highest BCUT2D eigenvalue weighted by Crippen LogP contribution is 2.29. The van der Waals surface area contributed by atoms with Crippen LogP contribution in [0.25, 0.3) is 0 Å². The van der Waals surface area contributed by atoms with Crippen LogP contribution in [-0.4, -0.2) is 25.3 Å². The minimum Gasteiger partial charge on any atom is -0.459 e. The quantitative estimate of drug-likeness (QED) is 0.563. The molecule has 0 saturated carbocycles. The summed E-state index contributed by atoms with van der Waals surface area (Å²) < 4.78 is 10.8. The van der Waals surface area contributed by atoms with Gasteiger partial charge in [0.25, 0.3) is 0 Å². The maximum absolute atomic E-state index is 12.5. The van der Waals surface area contributed by atoms with Crippen LogP contribution in [0.15, 0.2) is 24.3 Å². The predicted octanol–water partition coefficient (Wildman–Crippen LogP) is 4.29. The van der Waals surface area contributed by atoms with Gasteiger partial charge in [-0.1, -0.05) is 47.1 Å². The lowest BCUT2D eigenvalue weighted by Crippen LogP contribution is -2.31. The maximum atomic E-state index is 12.5. The molecule has 0 aromatic heterocycles. The molecule has 3 nitrogen and oxygen atoms in total. The highest BCUT2D eigenvalue weighted by atomic mass is 79.9. The van der Waals surface area contributed by atoms with Gasteiger partial charge < -0.3 is 9.47 Å². The summed E-state index contributed by atoms with van der Waals surface area (Å²) in [6.07, 6.45) is 0. The molecule has 2 atom stereocenters. The molecule has 118 valence electrons. The fraction of sp³-hybridized carbons (Fsp3) is 0.588. The number of rotatable bonds is 6. The lowest BCUT2D eigenvalue weighted by Gasteiger charge is -2.27. The van der Waals surface area contributed by atoms with Gasteiger partial charge in [-0.05, 0) is 37.8 Å². The average molecular weight is 357 g/mol. The third-order valence-electron chi connectivity index (χ3n) is 3.15. The van der Waals surface area contributed by atoms with Gasteiger partial charge in [-0.2, -0.15) is 0 Å². The molecule has 0 aliphatic heterocycles. The van der Waals surface area contributed by atoms with Crippen LogP contribution < -0.4 is 0 Å². The van der Waals surface area contributed by atoms with Gasteiger partial charge in [0.15, 0.2) is 0 Å². The van der Waals surface area contributed by atoms with Crippen molar-refractivity contribution < 1.29 is 14.3 Å². The van der Waals surface area contributed by atoms with E-state index >= 15 is 0 Å². The summed E-state index contributed by atoms with van der Waals surface area (Å²) in [5.41, 5.74) is 1.66. The molecule has 1 aromatic carbocycles. The third kappa shape index (κ3) is 5.79. The molecule has 0 aliphatic carbocycles. The first kappa shape index (κ1) is 18.2. The average Bonchev–Trinajstić information content (AvgIpc) is 2.38. The van der Waals surface area contributed by atoms with Crippen LogP contribution in [-0.2, 0) is 19.6 Å². The Kier molecular flexibility index (Phi) is 6.88. The summed E-state index contributed by atoms with van der Waals surface area (Å²) in [5.74, 6) is -0.452. The van der Waals surface area contributed by atoms with E-state index in [1.165, 1.54) is 5.56 Å². The molecule has 4 heteroatoms. The van der Waals surface area contributed by atoms with Crippen LogP contribution in [0.2, 0.25) is 0 Å². The molecule has 0 saturated heterocycles. The highest BCUT2D eigenvalue weighted by Gasteiger charge is 2.31. The van der Waals surface area contributed by atoms with Crippen LogP contribution in [0.5, 0.6) is 0 Å². The molecule has 0 N–H and O–H groups in total. The van der Waals surface area contributed by atoms with Gasteiger partial charge in [-0.3, -0.25) is 4.79 Å². The van der Waals surface area contributed by atoms with E-state index in [1.54, 1.807) is 7.11 Å². The standard InChI is InChI=1S/C17H25BrO3/c1-12(11-20-5)15(16(19)21-17(2,3)4)14-8-6-13(10-18)7-9-14/h6-9,12,15H,10-11H2,1-5H3. The van der Waals surface area contributed by atoms with E-state index in [4.69, 9.17) is 9.47 Å². The van der Waals surface area contributed by atoms with Crippen LogP contribution >= 0.6 is 15.9 Å². The Morgan fingerprint density at radius 1 is 1.24 bits per heavy atom. The molecular weight excluding hydrogens is 332 g/mol. The lowest BCUT2D eigenvalue weighted by atomic mass is 9.87. The minimum absolute atomic E-state index is 0.0553. The van der Waals surface area contributed by atoms with Crippen molar-refractivity contribution in [1.29, 1.82) is 0 Å². The molecule has 0 amide bonds. The van der Waals surface area contributed by atoms with Gasteiger partial charge in [-0.25, -0.2) is 0 Å².